The summed E-state index contributed by atoms with van der Waals surface area (Å²) in [6, 6.07) is 0. The number of amides is 1. The largest absolute Gasteiger partial charge is 0.381 e. The van der Waals surface area contributed by atoms with Crippen molar-refractivity contribution in [3.05, 3.63) is 0 Å². The molecule has 1 rings (SSSR count). The van der Waals surface area contributed by atoms with Gasteiger partial charge in [-0.3, -0.25) is 4.79 Å². The van der Waals surface area contributed by atoms with Gasteiger partial charge in [-0.15, -0.1) is 12.4 Å². The molecule has 0 unspecified atom stereocenters. The van der Waals surface area contributed by atoms with Crippen LogP contribution in [0.15, 0.2) is 0 Å². The molecule has 0 aromatic rings. The Morgan fingerprint density at radius 2 is 2.08 bits per heavy atom. The van der Waals surface area contributed by atoms with E-state index in [1.807, 2.05) is 0 Å². The minimum absolute atomic E-state index is 0. The number of nitrogens with two attached hydrogens (primary N) is 1. The summed E-state index contributed by atoms with van der Waals surface area (Å²) in [4.78, 5) is 10.8. The van der Waals surface area contributed by atoms with Crippen LogP contribution in [-0.4, -0.2) is 32.2 Å². The molecule has 0 aromatic carbocycles. The fourth-order valence-electron chi connectivity index (χ4n) is 1.28. The Morgan fingerprint density at radius 1 is 1.46 bits per heavy atom. The molecule has 1 saturated heterocycles. The number of hydrogen-bond acceptors (Lipinski definition) is 3. The third kappa shape index (κ3) is 5.08. The molecule has 13 heavy (non-hydrogen) atoms. The molecule has 78 valence electrons. The van der Waals surface area contributed by atoms with Gasteiger partial charge in [0.15, 0.2) is 0 Å². The maximum Gasteiger partial charge on any atom is 0.233 e. The van der Waals surface area contributed by atoms with Crippen molar-refractivity contribution >= 4 is 18.3 Å². The smallest absolute Gasteiger partial charge is 0.233 e. The molecule has 1 heterocycles. The molecule has 0 spiro atoms. The lowest BCUT2D eigenvalue weighted by atomic mass is 10.0. The average Bonchev–Trinajstić information content (AvgIpc) is 2.16. The van der Waals surface area contributed by atoms with Crippen LogP contribution in [-0.2, 0) is 9.53 Å². The van der Waals surface area contributed by atoms with Gasteiger partial charge >= 0.3 is 0 Å². The predicted molar refractivity (Wildman–Crippen MR) is 52.9 cm³/mol. The lowest BCUT2D eigenvalue weighted by Gasteiger charge is -2.21. The van der Waals surface area contributed by atoms with Crippen molar-refractivity contribution in [3.8, 4) is 0 Å². The Morgan fingerprint density at radius 3 is 2.62 bits per heavy atom. The van der Waals surface area contributed by atoms with Gasteiger partial charge in [-0.05, 0) is 18.8 Å². The first kappa shape index (κ1) is 12.7. The highest BCUT2D eigenvalue weighted by molar-refractivity contribution is 5.85. The van der Waals surface area contributed by atoms with Gasteiger partial charge in [-0.1, -0.05) is 0 Å². The summed E-state index contributed by atoms with van der Waals surface area (Å²) in [6.07, 6.45) is 2.09. The molecule has 5 heteroatoms. The van der Waals surface area contributed by atoms with E-state index in [1.54, 1.807) is 0 Å². The van der Waals surface area contributed by atoms with Crippen LogP contribution in [0.25, 0.3) is 0 Å². The monoisotopic (exact) mass is 208 g/mol. The number of rotatable bonds is 3. The van der Waals surface area contributed by atoms with Crippen LogP contribution in [0.4, 0.5) is 0 Å². The summed E-state index contributed by atoms with van der Waals surface area (Å²) in [5, 5.41) is 2.78. The molecule has 3 N–H and O–H groups in total. The van der Waals surface area contributed by atoms with Crippen molar-refractivity contribution in [2.75, 3.05) is 26.3 Å². The highest BCUT2D eigenvalue weighted by Gasteiger charge is 2.13. The van der Waals surface area contributed by atoms with E-state index >= 15 is 0 Å². The summed E-state index contributed by atoms with van der Waals surface area (Å²) in [5.41, 5.74) is 5.15. The molecule has 0 saturated carbocycles. The van der Waals surface area contributed by atoms with Crippen molar-refractivity contribution in [2.24, 2.45) is 11.7 Å². The van der Waals surface area contributed by atoms with Crippen molar-refractivity contribution in [1.82, 2.24) is 5.32 Å². The molecule has 1 fully saturated rings. The van der Waals surface area contributed by atoms with Crippen LogP contribution in [0.5, 0.6) is 0 Å². The minimum atomic E-state index is -0.0681. The topological polar surface area (TPSA) is 64.4 Å². The zero-order valence-corrected chi connectivity index (χ0v) is 8.44. The van der Waals surface area contributed by atoms with Crippen LogP contribution >= 0.6 is 12.4 Å². The van der Waals surface area contributed by atoms with Crippen LogP contribution in [0.1, 0.15) is 12.8 Å². The van der Waals surface area contributed by atoms with Crippen LogP contribution < -0.4 is 11.1 Å². The summed E-state index contributed by atoms with van der Waals surface area (Å²) >= 11 is 0. The van der Waals surface area contributed by atoms with Gasteiger partial charge in [0.25, 0.3) is 0 Å². The Hall–Kier alpha value is -0.320. The lowest BCUT2D eigenvalue weighted by molar-refractivity contribution is -0.120. The molecule has 4 nitrogen and oxygen atoms in total. The third-order valence-electron chi connectivity index (χ3n) is 2.11. The fraction of sp³-hybridized carbons (Fsp3) is 0.875. The van der Waals surface area contributed by atoms with Gasteiger partial charge < -0.3 is 15.8 Å². The number of carbonyl (C=O) groups is 1. The van der Waals surface area contributed by atoms with Crippen LogP contribution in [0, 0.1) is 5.92 Å². The van der Waals surface area contributed by atoms with Gasteiger partial charge in [0.2, 0.25) is 5.91 Å². The fourth-order valence-corrected chi connectivity index (χ4v) is 1.28. The number of hydrogen-bond donors (Lipinski definition) is 2. The van der Waals surface area contributed by atoms with E-state index < -0.39 is 0 Å². The molecule has 0 radical (unpaired) electrons. The summed E-state index contributed by atoms with van der Waals surface area (Å²) in [7, 11) is 0. The highest BCUT2D eigenvalue weighted by atomic mass is 35.5. The van der Waals surface area contributed by atoms with E-state index in [2.05, 4.69) is 5.32 Å². The van der Waals surface area contributed by atoms with E-state index in [1.165, 1.54) is 0 Å². The van der Waals surface area contributed by atoms with Gasteiger partial charge in [-0.2, -0.15) is 0 Å². The second-order valence-electron chi connectivity index (χ2n) is 3.06. The van der Waals surface area contributed by atoms with Gasteiger partial charge in [0.05, 0.1) is 6.54 Å². The number of nitrogens with one attached hydrogen (secondary N) is 1. The van der Waals surface area contributed by atoms with Crippen LogP contribution in [0.3, 0.4) is 0 Å². The maximum atomic E-state index is 10.8. The van der Waals surface area contributed by atoms with Crippen LogP contribution in [0.2, 0.25) is 0 Å². The maximum absolute atomic E-state index is 10.8. The Bertz CT molecular complexity index is 149. The van der Waals surface area contributed by atoms with E-state index in [9.17, 15) is 4.79 Å². The zero-order valence-electron chi connectivity index (χ0n) is 7.62. The van der Waals surface area contributed by atoms with Gasteiger partial charge in [0, 0.05) is 19.8 Å². The summed E-state index contributed by atoms with van der Waals surface area (Å²) < 4.78 is 5.20. The molecule has 1 aliphatic rings. The molecule has 0 atom stereocenters. The van der Waals surface area contributed by atoms with E-state index in [-0.39, 0.29) is 24.9 Å². The van der Waals surface area contributed by atoms with Crippen molar-refractivity contribution in [2.45, 2.75) is 12.8 Å². The molecule has 0 bridgehead atoms. The molecular formula is C8H17ClN2O2. The van der Waals surface area contributed by atoms with E-state index in [4.69, 9.17) is 10.5 Å². The van der Waals surface area contributed by atoms with Crippen molar-refractivity contribution < 1.29 is 9.53 Å². The van der Waals surface area contributed by atoms with Crippen molar-refractivity contribution in [1.29, 1.82) is 0 Å². The quantitative estimate of drug-likeness (QED) is 0.682. The Kier molecular flexibility index (Phi) is 6.94. The number of ether oxygens (including phenoxy) is 1. The first-order chi connectivity index (χ1) is 5.83. The van der Waals surface area contributed by atoms with Gasteiger partial charge in [0.1, 0.15) is 0 Å². The third-order valence-corrected chi connectivity index (χ3v) is 2.11. The van der Waals surface area contributed by atoms with Gasteiger partial charge in [-0.25, -0.2) is 0 Å². The number of halogens is 1. The summed E-state index contributed by atoms with van der Waals surface area (Å²) in [6.45, 7) is 2.48. The summed E-state index contributed by atoms with van der Waals surface area (Å²) in [5.74, 6) is 0.510. The molecule has 0 aromatic heterocycles. The number of carbonyl (C=O) groups excluding carboxylic acids is 1. The first-order valence-electron chi connectivity index (χ1n) is 4.37. The molecule has 0 aliphatic carbocycles. The average molecular weight is 209 g/mol. The first-order valence-corrected chi connectivity index (χ1v) is 4.37. The SMILES string of the molecule is Cl.NCC(=O)NCC1CCOCC1. The van der Waals surface area contributed by atoms with E-state index in [0.717, 1.165) is 32.6 Å². The lowest BCUT2D eigenvalue weighted by Crippen LogP contribution is -2.35. The van der Waals surface area contributed by atoms with E-state index in [0.29, 0.717) is 5.92 Å². The standard InChI is InChI=1S/C8H16N2O2.ClH/c9-5-8(11)10-6-7-1-3-12-4-2-7;/h7H,1-6,9H2,(H,10,11);1H. The zero-order chi connectivity index (χ0) is 8.81. The molecule has 1 aliphatic heterocycles. The highest BCUT2D eigenvalue weighted by Crippen LogP contribution is 2.12. The second-order valence-corrected chi connectivity index (χ2v) is 3.06. The Labute approximate surface area is 84.6 Å². The molecule has 1 amide bonds. The van der Waals surface area contributed by atoms with Crippen molar-refractivity contribution in [3.63, 3.8) is 0 Å². The predicted octanol–water partition coefficient (Wildman–Crippen LogP) is -0.0903. The minimum Gasteiger partial charge on any atom is -0.381 e. The normalized spacial score (nSPS) is 17.6. The Balaban J connectivity index is 0.00000144. The molecular weight excluding hydrogens is 192 g/mol. The second kappa shape index (κ2) is 7.12.